The Bertz CT molecular complexity index is 201. The molecular formula is C4H8N2O8. The van der Waals surface area contributed by atoms with Crippen LogP contribution in [0.4, 0.5) is 0 Å². The molecule has 0 spiro atoms. The molecule has 0 aromatic carbocycles. The summed E-state index contributed by atoms with van der Waals surface area (Å²) in [5.74, 6) is -2.96. The molecule has 0 amide bonds. The molecule has 0 aliphatic carbocycles. The summed E-state index contributed by atoms with van der Waals surface area (Å²) in [6.45, 7) is -0.426. The van der Waals surface area contributed by atoms with Crippen molar-refractivity contribution in [3.05, 3.63) is 20.2 Å². The van der Waals surface area contributed by atoms with Crippen LogP contribution < -0.4 is 0 Å². The molecule has 2 N–H and O–H groups in total. The van der Waals surface area contributed by atoms with Gasteiger partial charge in [-0.1, -0.05) is 0 Å². The maximum Gasteiger partial charge on any atom is 0.364 e. The summed E-state index contributed by atoms with van der Waals surface area (Å²) in [6.07, 6.45) is -0.760. The highest BCUT2D eigenvalue weighted by Crippen LogP contribution is 2.16. The van der Waals surface area contributed by atoms with E-state index in [1.165, 1.54) is 0 Å². The van der Waals surface area contributed by atoms with Crippen LogP contribution in [-0.4, -0.2) is 33.0 Å². The molecule has 14 heavy (non-hydrogen) atoms. The average molecular weight is 212 g/mol. The minimum Gasteiger partial charge on any atom is -0.396 e. The molecule has 10 nitrogen and oxygen atoms in total. The van der Waals surface area contributed by atoms with Gasteiger partial charge in [-0.25, -0.2) is 9.68 Å². The quantitative estimate of drug-likeness (QED) is 0.304. The molecule has 0 aromatic heterocycles. The Balaban J connectivity index is 4.31. The van der Waals surface area contributed by atoms with Gasteiger partial charge in [-0.2, -0.15) is 0 Å². The zero-order valence-electron chi connectivity index (χ0n) is 6.86. The van der Waals surface area contributed by atoms with Gasteiger partial charge in [0.05, 0.1) is 0 Å². The van der Waals surface area contributed by atoms with Crippen molar-refractivity contribution in [1.29, 1.82) is 0 Å². The van der Waals surface area contributed by atoms with Crippen molar-refractivity contribution >= 4 is 0 Å². The van der Waals surface area contributed by atoms with E-state index in [0.717, 1.165) is 0 Å². The summed E-state index contributed by atoms with van der Waals surface area (Å²) >= 11 is 0. The summed E-state index contributed by atoms with van der Waals surface area (Å²) in [6, 6.07) is 0. The van der Waals surface area contributed by atoms with E-state index < -0.39 is 29.2 Å². The zero-order valence-corrected chi connectivity index (χ0v) is 6.86. The van der Waals surface area contributed by atoms with E-state index in [2.05, 4.69) is 9.68 Å². The van der Waals surface area contributed by atoms with Crippen molar-refractivity contribution in [3.63, 3.8) is 0 Å². The molecule has 0 atom stereocenters. The number of nitrogens with zero attached hydrogens (tertiary/aromatic N) is 2. The first-order valence-electron chi connectivity index (χ1n) is 3.40. The summed E-state index contributed by atoms with van der Waals surface area (Å²) in [7, 11) is 0. The highest BCUT2D eigenvalue weighted by Gasteiger charge is 2.35. The molecule has 0 radical (unpaired) electrons. The van der Waals surface area contributed by atoms with Crippen molar-refractivity contribution in [3.8, 4) is 0 Å². The molecular weight excluding hydrogens is 204 g/mol. The van der Waals surface area contributed by atoms with Crippen LogP contribution in [-0.2, 0) is 9.68 Å². The smallest absolute Gasteiger partial charge is 0.364 e. The largest absolute Gasteiger partial charge is 0.396 e. The van der Waals surface area contributed by atoms with Crippen molar-refractivity contribution in [1.82, 2.24) is 0 Å². The Morgan fingerprint density at radius 3 is 1.93 bits per heavy atom. The number of aliphatic hydroxyl groups excluding tert-OH is 1. The van der Waals surface area contributed by atoms with Crippen LogP contribution in [0.1, 0.15) is 12.8 Å². The molecule has 0 aliphatic heterocycles. The van der Waals surface area contributed by atoms with Gasteiger partial charge in [0.2, 0.25) is 0 Å². The predicted octanol–water partition coefficient (Wildman–Crippen LogP) is -1.18. The molecule has 0 fully saturated rings. The standard InChI is InChI=1S/C4H8N2O8/c7-3-1-2-4(8,13-5(9)10)14-6(11)12/h7-8H,1-3H2. The molecule has 0 saturated carbocycles. The van der Waals surface area contributed by atoms with Gasteiger partial charge in [0.15, 0.2) is 0 Å². The lowest BCUT2D eigenvalue weighted by atomic mass is 10.3. The number of hydrogen-bond donors (Lipinski definition) is 2. The topological polar surface area (TPSA) is 145 Å². The van der Waals surface area contributed by atoms with Crippen LogP contribution in [0.15, 0.2) is 0 Å². The Morgan fingerprint density at radius 2 is 1.64 bits per heavy atom. The fraction of sp³-hybridized carbons (Fsp3) is 1.00. The lowest BCUT2D eigenvalue weighted by Crippen LogP contribution is -2.40. The summed E-state index contributed by atoms with van der Waals surface area (Å²) in [5, 5.41) is 34.2. The van der Waals surface area contributed by atoms with Crippen LogP contribution >= 0.6 is 0 Å². The Morgan fingerprint density at radius 1 is 1.21 bits per heavy atom. The number of hydrogen-bond acceptors (Lipinski definition) is 8. The lowest BCUT2D eigenvalue weighted by Gasteiger charge is -2.21. The third kappa shape index (κ3) is 5.05. The zero-order chi connectivity index (χ0) is 11.2. The Kier molecular flexibility index (Phi) is 4.52. The third-order valence-electron chi connectivity index (χ3n) is 1.09. The van der Waals surface area contributed by atoms with Crippen molar-refractivity contribution in [2.75, 3.05) is 6.61 Å². The molecule has 0 rings (SSSR count). The van der Waals surface area contributed by atoms with Crippen molar-refractivity contribution in [2.45, 2.75) is 18.8 Å². The SMILES string of the molecule is O=[N+]([O-])OC(O)(CCCO)O[N+](=O)[O-]. The molecule has 0 unspecified atom stereocenters. The van der Waals surface area contributed by atoms with E-state index in [-0.39, 0.29) is 6.42 Å². The molecule has 0 aliphatic rings. The Labute approximate surface area is 76.9 Å². The fourth-order valence-corrected chi connectivity index (χ4v) is 0.643. The van der Waals surface area contributed by atoms with Crippen LogP contribution in [0, 0.1) is 20.2 Å². The van der Waals surface area contributed by atoms with Gasteiger partial charge in [0.25, 0.3) is 10.2 Å². The van der Waals surface area contributed by atoms with E-state index in [9.17, 15) is 20.2 Å². The highest BCUT2D eigenvalue weighted by atomic mass is 17.1. The van der Waals surface area contributed by atoms with Crippen LogP contribution in [0.5, 0.6) is 0 Å². The molecule has 0 saturated heterocycles. The third-order valence-corrected chi connectivity index (χ3v) is 1.09. The summed E-state index contributed by atoms with van der Waals surface area (Å²) in [4.78, 5) is 26.7. The van der Waals surface area contributed by atoms with Gasteiger partial charge in [0.1, 0.15) is 0 Å². The molecule has 10 heteroatoms. The van der Waals surface area contributed by atoms with E-state index in [1.807, 2.05) is 0 Å². The van der Waals surface area contributed by atoms with Crippen LogP contribution in [0.25, 0.3) is 0 Å². The first-order valence-corrected chi connectivity index (χ1v) is 3.40. The van der Waals surface area contributed by atoms with Gasteiger partial charge in [-0.3, -0.25) is 0 Å². The number of aliphatic hydroxyl groups is 2. The molecule has 0 heterocycles. The Hall–Kier alpha value is -1.68. The van der Waals surface area contributed by atoms with Crippen LogP contribution in [0.2, 0.25) is 0 Å². The lowest BCUT2D eigenvalue weighted by molar-refractivity contribution is -0.894. The van der Waals surface area contributed by atoms with Gasteiger partial charge in [-0.05, 0) is 6.42 Å². The maximum absolute atomic E-state index is 9.82. The maximum atomic E-state index is 9.82. The van der Waals surface area contributed by atoms with Crippen molar-refractivity contribution < 1.29 is 30.1 Å². The summed E-state index contributed by atoms with van der Waals surface area (Å²) < 4.78 is 0. The van der Waals surface area contributed by atoms with Gasteiger partial charge in [0, 0.05) is 13.0 Å². The van der Waals surface area contributed by atoms with Gasteiger partial charge < -0.3 is 10.2 Å². The second-order valence-corrected chi connectivity index (χ2v) is 2.17. The minimum atomic E-state index is -2.96. The van der Waals surface area contributed by atoms with Crippen LogP contribution in [0.3, 0.4) is 0 Å². The van der Waals surface area contributed by atoms with Crippen molar-refractivity contribution in [2.24, 2.45) is 0 Å². The summed E-state index contributed by atoms with van der Waals surface area (Å²) in [5.41, 5.74) is 0. The fourth-order valence-electron chi connectivity index (χ4n) is 0.643. The second-order valence-electron chi connectivity index (χ2n) is 2.17. The first kappa shape index (κ1) is 12.3. The van der Waals surface area contributed by atoms with Gasteiger partial charge >= 0.3 is 5.97 Å². The van der Waals surface area contributed by atoms with E-state index in [4.69, 9.17) is 10.2 Å². The second kappa shape index (κ2) is 5.14. The van der Waals surface area contributed by atoms with E-state index in [0.29, 0.717) is 0 Å². The minimum absolute atomic E-state index is 0.155. The highest BCUT2D eigenvalue weighted by molar-refractivity contribution is 4.49. The molecule has 0 aromatic rings. The number of rotatable bonds is 7. The average Bonchev–Trinajstić information content (AvgIpc) is 1.97. The first-order chi connectivity index (χ1) is 6.39. The van der Waals surface area contributed by atoms with E-state index >= 15 is 0 Å². The molecule has 82 valence electrons. The molecule has 0 bridgehead atoms. The normalized spacial score (nSPS) is 10.7. The monoisotopic (exact) mass is 212 g/mol. The van der Waals surface area contributed by atoms with E-state index in [1.54, 1.807) is 0 Å². The predicted molar refractivity (Wildman–Crippen MR) is 37.4 cm³/mol. The van der Waals surface area contributed by atoms with Gasteiger partial charge in [-0.15, -0.1) is 20.2 Å².